The summed E-state index contributed by atoms with van der Waals surface area (Å²) in [7, 11) is 0. The number of fused-ring (bicyclic) bond motifs is 28. The van der Waals surface area contributed by atoms with Crippen molar-refractivity contribution in [2.24, 2.45) is 0 Å². The number of imidazole rings is 6. The van der Waals surface area contributed by atoms with E-state index in [1.807, 2.05) is 6.07 Å². The molecular weight excluding hydrogens is 1710 g/mol. The van der Waals surface area contributed by atoms with Gasteiger partial charge in [-0.2, -0.15) is 0 Å². The van der Waals surface area contributed by atoms with Crippen molar-refractivity contribution < 1.29 is 0 Å². The van der Waals surface area contributed by atoms with Crippen molar-refractivity contribution in [3.63, 3.8) is 0 Å². The van der Waals surface area contributed by atoms with Crippen molar-refractivity contribution in [1.82, 2.24) is 60.1 Å². The van der Waals surface area contributed by atoms with Crippen LogP contribution in [0.1, 0.15) is 22.3 Å². The van der Waals surface area contributed by atoms with Crippen LogP contribution in [-0.2, 0) is 0 Å². The van der Waals surface area contributed by atoms with E-state index in [1.165, 1.54) is 149 Å². The third-order valence-corrected chi connectivity index (χ3v) is 28.3. The van der Waals surface area contributed by atoms with Gasteiger partial charge in [-0.3, -0.25) is 26.9 Å². The number of benzene rings is 20. The maximum absolute atomic E-state index is 5.21. The fourth-order valence-corrected chi connectivity index (χ4v) is 22.2. The summed E-state index contributed by atoms with van der Waals surface area (Å²) in [5, 5.41) is 10.00. The topological polar surface area (TPSA) is 86.4 Å². The third-order valence-electron chi connectivity index (χ3n) is 28.3. The van der Waals surface area contributed by atoms with Crippen molar-refractivity contribution in [2.75, 3.05) is 0 Å². The maximum atomic E-state index is 5.21. The van der Waals surface area contributed by atoms with E-state index in [1.54, 1.807) is 0 Å². The monoisotopic (exact) mass is 1800 g/mol. The van der Waals surface area contributed by atoms with Gasteiger partial charge in [0, 0.05) is 82.7 Å². The third kappa shape index (κ3) is 12.7. The van der Waals surface area contributed by atoms with Crippen LogP contribution in [0.4, 0.5) is 0 Å². The Bertz CT molecular complexity index is 10200. The molecule has 0 fully saturated rings. The largest absolute Gasteiger partial charge is 0.309 e. The second-order valence-corrected chi connectivity index (χ2v) is 36.5. The van der Waals surface area contributed by atoms with E-state index < -0.39 is 0 Å². The van der Waals surface area contributed by atoms with Crippen LogP contribution in [0.25, 0.3) is 233 Å². The number of para-hydroxylation sites is 18. The Morgan fingerprint density at radius 2 is 0.464 bits per heavy atom. The molecule has 0 N–H and O–H groups in total. The van der Waals surface area contributed by atoms with E-state index >= 15 is 0 Å². The lowest BCUT2D eigenvalue weighted by atomic mass is 9.99. The molecule has 30 aromatic rings. The van der Waals surface area contributed by atoms with Gasteiger partial charge in [-0.05, 0) is 249 Å². The Balaban J connectivity index is 0.0000000949. The molecule has 0 amide bonds. The number of hydrogen-bond acceptors (Lipinski definition) is 3. The van der Waals surface area contributed by atoms with Crippen LogP contribution in [0, 0.1) is 27.7 Å². The molecule has 20 aromatic carbocycles. The zero-order chi connectivity index (χ0) is 92.9. The lowest BCUT2D eigenvalue weighted by Crippen LogP contribution is -1.98. The van der Waals surface area contributed by atoms with Crippen LogP contribution in [0.2, 0.25) is 0 Å². The van der Waals surface area contributed by atoms with E-state index in [0.717, 1.165) is 106 Å². The molecule has 0 radical (unpaired) electrons. The van der Waals surface area contributed by atoms with Crippen LogP contribution < -0.4 is 0 Å². The molecule has 10 heterocycles. The molecule has 140 heavy (non-hydrogen) atoms. The molecule has 13 nitrogen and oxygen atoms in total. The Hall–Kier alpha value is -18.6. The average molecular weight is 1800 g/mol. The minimum Gasteiger partial charge on any atom is -0.309 e. The van der Waals surface area contributed by atoms with Gasteiger partial charge in [0.05, 0.1) is 122 Å². The van der Waals surface area contributed by atoms with Gasteiger partial charge in [0.1, 0.15) is 0 Å². The highest BCUT2D eigenvalue weighted by atomic mass is 15.2. The molecule has 0 aliphatic carbocycles. The predicted octanol–water partition coefficient (Wildman–Crippen LogP) is 31.9. The molecule has 0 saturated heterocycles. The summed E-state index contributed by atoms with van der Waals surface area (Å²) < 4.78 is 23.3. The molecule has 662 valence electrons. The van der Waals surface area contributed by atoms with Gasteiger partial charge in [0.15, 0.2) is 0 Å². The lowest BCUT2D eigenvalue weighted by Gasteiger charge is -2.15. The molecule has 0 atom stereocenters. The highest BCUT2D eigenvalue weighted by Crippen LogP contribution is 2.45. The molecule has 13 heteroatoms. The van der Waals surface area contributed by atoms with E-state index in [9.17, 15) is 0 Å². The predicted molar refractivity (Wildman–Crippen MR) is 582 cm³/mol. The number of nitrogens with zero attached hydrogens (tertiary/aromatic N) is 13. The molecule has 0 aliphatic heterocycles. The highest BCUT2D eigenvalue weighted by molar-refractivity contribution is 6.19. The highest BCUT2D eigenvalue weighted by Gasteiger charge is 2.28. The maximum Gasteiger partial charge on any atom is 0.220 e. The molecule has 0 unspecified atom stereocenters. The molecule has 0 spiro atoms. The Labute approximate surface area is 804 Å². The standard InChI is InChI=1S/C38H26N4.2C32H22N4.C25H19N/c1-25-12-2-3-13-27(25)28-14-4-7-17-32(28)41-33-18-8-5-15-29(33)30-24-26(22-23-34(30)41)40-36-20-10-11-21-37(36)42-35-19-9-6-16-31(35)39-38(40)42;1-21-9-8-10-22(19-21)34-27-13-4-2-11-24(27)25-20-23(17-18-28(25)34)35-30-15-6-7-16-31(30)36-29-14-5-3-12-26(29)33-32(35)36;1-21-10-9-13-23(20-21)34-27-15-6-5-14-24(27)25-18-19-26-31(30(25)34)36-29-17-8-7-16-28(29)35(32(36)33-26)22-11-3-2-4-12-22;1-18-10-2-3-11-19(18)20-12-4-7-15-23(20)26-24-16-8-5-13-21(24)22-14-6-9-17-25(22)26/h2-24H,1H3;2*2-20H,1H3;2-17H,1H3. The van der Waals surface area contributed by atoms with Gasteiger partial charge in [0.25, 0.3) is 0 Å². The molecule has 10 aromatic heterocycles. The van der Waals surface area contributed by atoms with E-state index in [4.69, 9.17) is 15.0 Å². The average Bonchev–Trinajstić information content (AvgIpc) is 1.54. The Morgan fingerprint density at radius 3 is 0.921 bits per heavy atom. The summed E-state index contributed by atoms with van der Waals surface area (Å²) in [5.74, 6) is 2.77. The van der Waals surface area contributed by atoms with Crippen molar-refractivity contribution in [1.29, 1.82) is 0 Å². The summed E-state index contributed by atoms with van der Waals surface area (Å²) in [5.41, 5.74) is 41.0. The molecular formula is C127H89N13. The van der Waals surface area contributed by atoms with Crippen molar-refractivity contribution in [2.45, 2.75) is 27.7 Å². The summed E-state index contributed by atoms with van der Waals surface area (Å²) in [4.78, 5) is 15.4. The van der Waals surface area contributed by atoms with E-state index in [-0.39, 0.29) is 0 Å². The lowest BCUT2D eigenvalue weighted by molar-refractivity contribution is 1.11. The molecule has 0 bridgehead atoms. The van der Waals surface area contributed by atoms with Crippen LogP contribution in [0.15, 0.2) is 467 Å². The van der Waals surface area contributed by atoms with E-state index in [2.05, 4.69) is 534 Å². The van der Waals surface area contributed by atoms with Crippen molar-refractivity contribution in [3.8, 4) is 62.1 Å². The summed E-state index contributed by atoms with van der Waals surface area (Å²) in [6.45, 7) is 8.66. The minimum absolute atomic E-state index is 0.922. The zero-order valence-electron chi connectivity index (χ0n) is 77.3. The van der Waals surface area contributed by atoms with Crippen LogP contribution in [0.5, 0.6) is 0 Å². The number of aromatic nitrogens is 13. The smallest absolute Gasteiger partial charge is 0.220 e. The first kappa shape index (κ1) is 81.0. The van der Waals surface area contributed by atoms with E-state index in [0.29, 0.717) is 0 Å². The van der Waals surface area contributed by atoms with Crippen LogP contribution in [0.3, 0.4) is 0 Å². The number of rotatable bonds is 9. The Kier molecular flexibility index (Phi) is 18.9. The van der Waals surface area contributed by atoms with Gasteiger partial charge in [-0.15, -0.1) is 0 Å². The molecule has 0 saturated carbocycles. The first-order valence-electron chi connectivity index (χ1n) is 47.8. The van der Waals surface area contributed by atoms with Gasteiger partial charge in [0.2, 0.25) is 17.3 Å². The van der Waals surface area contributed by atoms with Gasteiger partial charge < -0.3 is 18.3 Å². The summed E-state index contributed by atoms with van der Waals surface area (Å²) in [6.07, 6.45) is 0. The second-order valence-electron chi connectivity index (χ2n) is 36.5. The van der Waals surface area contributed by atoms with Crippen LogP contribution in [-0.4, -0.2) is 60.1 Å². The molecule has 30 rings (SSSR count). The fraction of sp³-hybridized carbons (Fsp3) is 0.0315. The van der Waals surface area contributed by atoms with Gasteiger partial charge in [-0.1, -0.05) is 279 Å². The quantitative estimate of drug-likeness (QED) is 0.144. The first-order chi connectivity index (χ1) is 69.2. The first-order valence-corrected chi connectivity index (χ1v) is 47.8. The second kappa shape index (κ2) is 32.6. The number of aryl methyl sites for hydroxylation is 4. The molecule has 0 aliphatic rings. The Morgan fingerprint density at radius 1 is 0.157 bits per heavy atom. The zero-order valence-corrected chi connectivity index (χ0v) is 77.3. The normalized spacial score (nSPS) is 11.9. The SMILES string of the molecule is Cc1cccc(-n2c3ccccc3c3cc(-n4c5ccccc5n5c6ccccc6nc45)ccc32)c1.Cc1cccc(-n2c3ccccc3c3ccc4nc5n(-c6ccccc6)c6ccccc6n5c4c32)c1.Cc1ccccc1-c1ccccc1-n1c2ccccc2c2cc(-n3c4ccccc4n4c5ccccc5nc34)ccc21.Cc1ccccc1-c1ccccc1-n1c2ccccc2c2ccccc21. The fourth-order valence-electron chi connectivity index (χ4n) is 22.2. The van der Waals surface area contributed by atoms with Crippen molar-refractivity contribution >= 4 is 171 Å². The number of hydrogen-bond donors (Lipinski definition) is 0. The minimum atomic E-state index is 0.922. The van der Waals surface area contributed by atoms with Gasteiger partial charge >= 0.3 is 0 Å². The van der Waals surface area contributed by atoms with Crippen LogP contribution >= 0.6 is 0 Å². The van der Waals surface area contributed by atoms with Crippen molar-refractivity contribution in [3.05, 3.63) is 489 Å². The summed E-state index contributed by atoms with van der Waals surface area (Å²) in [6, 6.07) is 167. The van der Waals surface area contributed by atoms with Gasteiger partial charge in [-0.25, -0.2) is 15.0 Å². The summed E-state index contributed by atoms with van der Waals surface area (Å²) >= 11 is 0.